The van der Waals surface area contributed by atoms with Crippen LogP contribution in [0.2, 0.25) is 0 Å². The van der Waals surface area contributed by atoms with Crippen molar-refractivity contribution in [2.45, 2.75) is 38.8 Å². The molecule has 1 N–H and O–H groups in total. The summed E-state index contributed by atoms with van der Waals surface area (Å²) in [4.78, 5) is 0. The van der Waals surface area contributed by atoms with Crippen LogP contribution in [0.25, 0.3) is 0 Å². The number of hydrogen-bond donors (Lipinski definition) is 1. The van der Waals surface area contributed by atoms with E-state index in [1.165, 1.54) is 12.1 Å². The average Bonchev–Trinajstić information content (AvgIpc) is 2.41. The summed E-state index contributed by atoms with van der Waals surface area (Å²) < 4.78 is 18.8. The van der Waals surface area contributed by atoms with Crippen molar-refractivity contribution in [3.8, 4) is 6.07 Å². The fourth-order valence-electron chi connectivity index (χ4n) is 2.38. The highest BCUT2D eigenvalue weighted by Crippen LogP contribution is 2.25. The summed E-state index contributed by atoms with van der Waals surface area (Å²) in [6.45, 7) is 5.01. The summed E-state index contributed by atoms with van der Waals surface area (Å²) in [6.07, 6.45) is 2.07. The number of ether oxygens (including phenoxy) is 1. The molecule has 1 aliphatic heterocycles. The van der Waals surface area contributed by atoms with Gasteiger partial charge in [-0.15, -0.1) is 0 Å². The van der Waals surface area contributed by atoms with Crippen LogP contribution in [0.5, 0.6) is 0 Å². The maximum Gasteiger partial charge on any atom is 0.124 e. The highest BCUT2D eigenvalue weighted by atomic mass is 19.1. The van der Waals surface area contributed by atoms with Crippen molar-refractivity contribution in [3.05, 3.63) is 29.6 Å². The SMILES string of the molecule is CC(C)C1CC(Nc2ccc(F)cc2C#N)CCO1. The Hall–Kier alpha value is -1.60. The molecule has 1 aromatic rings. The molecule has 1 fully saturated rings. The van der Waals surface area contributed by atoms with Crippen molar-refractivity contribution < 1.29 is 9.13 Å². The van der Waals surface area contributed by atoms with Crippen molar-refractivity contribution in [1.82, 2.24) is 0 Å². The van der Waals surface area contributed by atoms with Crippen LogP contribution < -0.4 is 5.32 Å². The molecule has 1 saturated heterocycles. The molecule has 0 bridgehead atoms. The number of nitrogens with one attached hydrogen (secondary N) is 1. The highest BCUT2D eigenvalue weighted by Gasteiger charge is 2.25. The van der Waals surface area contributed by atoms with Crippen LogP contribution in [0.1, 0.15) is 32.3 Å². The maximum absolute atomic E-state index is 13.1. The molecule has 0 amide bonds. The molecule has 1 heterocycles. The van der Waals surface area contributed by atoms with E-state index in [4.69, 9.17) is 10.00 Å². The second-order valence-corrected chi connectivity index (χ2v) is 5.32. The molecular weight excluding hydrogens is 243 g/mol. The number of hydrogen-bond acceptors (Lipinski definition) is 3. The van der Waals surface area contributed by atoms with E-state index in [2.05, 4.69) is 19.2 Å². The van der Waals surface area contributed by atoms with Gasteiger partial charge >= 0.3 is 0 Å². The normalized spacial score (nSPS) is 23.1. The van der Waals surface area contributed by atoms with Crippen LogP contribution in [-0.4, -0.2) is 18.8 Å². The van der Waals surface area contributed by atoms with Gasteiger partial charge < -0.3 is 10.1 Å². The molecule has 0 spiro atoms. The van der Waals surface area contributed by atoms with Gasteiger partial charge in [-0.25, -0.2) is 4.39 Å². The fraction of sp³-hybridized carbons (Fsp3) is 0.533. The van der Waals surface area contributed by atoms with Gasteiger partial charge in [-0.2, -0.15) is 5.26 Å². The number of halogens is 1. The van der Waals surface area contributed by atoms with Gasteiger partial charge in [-0.05, 0) is 37.0 Å². The Labute approximate surface area is 113 Å². The smallest absolute Gasteiger partial charge is 0.124 e. The van der Waals surface area contributed by atoms with Crippen molar-refractivity contribution in [3.63, 3.8) is 0 Å². The quantitative estimate of drug-likeness (QED) is 0.909. The fourth-order valence-corrected chi connectivity index (χ4v) is 2.38. The zero-order valence-electron chi connectivity index (χ0n) is 11.3. The molecule has 2 atom stereocenters. The third kappa shape index (κ3) is 3.45. The third-order valence-corrected chi connectivity index (χ3v) is 3.52. The van der Waals surface area contributed by atoms with Crippen molar-refractivity contribution >= 4 is 5.69 Å². The van der Waals surface area contributed by atoms with E-state index in [0.717, 1.165) is 19.4 Å². The number of rotatable bonds is 3. The number of anilines is 1. The lowest BCUT2D eigenvalue weighted by Gasteiger charge is -2.33. The maximum atomic E-state index is 13.1. The van der Waals surface area contributed by atoms with Gasteiger partial charge in [0.1, 0.15) is 11.9 Å². The predicted molar refractivity (Wildman–Crippen MR) is 72.3 cm³/mol. The van der Waals surface area contributed by atoms with Crippen molar-refractivity contribution in [2.24, 2.45) is 5.92 Å². The standard InChI is InChI=1S/C15H19FN2O/c1-10(2)15-8-13(5-6-19-15)18-14-4-3-12(16)7-11(14)9-17/h3-4,7,10,13,15,18H,5-6,8H2,1-2H3. The number of nitriles is 1. The lowest BCUT2D eigenvalue weighted by molar-refractivity contribution is -0.0160. The molecule has 3 nitrogen and oxygen atoms in total. The molecule has 1 aliphatic rings. The van der Waals surface area contributed by atoms with Gasteiger partial charge in [0.25, 0.3) is 0 Å². The molecule has 19 heavy (non-hydrogen) atoms. The predicted octanol–water partition coefficient (Wildman–Crippen LogP) is 3.31. The topological polar surface area (TPSA) is 45.0 Å². The highest BCUT2D eigenvalue weighted by molar-refractivity contribution is 5.57. The Morgan fingerprint density at radius 1 is 1.47 bits per heavy atom. The molecule has 0 aliphatic carbocycles. The summed E-state index contributed by atoms with van der Waals surface area (Å²) >= 11 is 0. The summed E-state index contributed by atoms with van der Waals surface area (Å²) in [5.41, 5.74) is 1.06. The van der Waals surface area contributed by atoms with Crippen LogP contribution >= 0.6 is 0 Å². The second kappa shape index (κ2) is 6.03. The minimum Gasteiger partial charge on any atom is -0.381 e. The number of benzene rings is 1. The zero-order chi connectivity index (χ0) is 13.8. The average molecular weight is 262 g/mol. The van der Waals surface area contributed by atoms with Gasteiger partial charge in [-0.3, -0.25) is 0 Å². The largest absolute Gasteiger partial charge is 0.381 e. The second-order valence-electron chi connectivity index (χ2n) is 5.32. The zero-order valence-corrected chi connectivity index (χ0v) is 11.3. The molecule has 1 aromatic carbocycles. The van der Waals surface area contributed by atoms with E-state index < -0.39 is 0 Å². The minimum absolute atomic E-state index is 0.247. The van der Waals surface area contributed by atoms with Crippen LogP contribution in [-0.2, 0) is 4.74 Å². The number of nitrogens with zero attached hydrogens (tertiary/aromatic N) is 1. The van der Waals surface area contributed by atoms with Gasteiger partial charge in [-0.1, -0.05) is 13.8 Å². The molecule has 0 radical (unpaired) electrons. The molecule has 102 valence electrons. The van der Waals surface area contributed by atoms with E-state index in [1.807, 2.05) is 6.07 Å². The summed E-state index contributed by atoms with van der Waals surface area (Å²) in [5, 5.41) is 12.4. The Morgan fingerprint density at radius 3 is 2.95 bits per heavy atom. The molecule has 0 aromatic heterocycles. The van der Waals surface area contributed by atoms with Gasteiger partial charge in [0.05, 0.1) is 17.4 Å². The van der Waals surface area contributed by atoms with Crippen LogP contribution in [0.4, 0.5) is 10.1 Å². The Balaban J connectivity index is 2.07. The lowest BCUT2D eigenvalue weighted by Crippen LogP contribution is -2.36. The Bertz CT molecular complexity index is 482. The first-order valence-electron chi connectivity index (χ1n) is 6.68. The molecule has 0 saturated carbocycles. The Kier molecular flexibility index (Phi) is 4.39. The van der Waals surface area contributed by atoms with Crippen LogP contribution in [0, 0.1) is 23.1 Å². The molecular formula is C15H19FN2O. The summed E-state index contributed by atoms with van der Waals surface area (Å²) in [5.74, 6) is 0.0994. The monoisotopic (exact) mass is 262 g/mol. The lowest BCUT2D eigenvalue weighted by atomic mass is 9.95. The summed E-state index contributed by atoms with van der Waals surface area (Å²) in [7, 11) is 0. The molecule has 2 rings (SSSR count). The minimum atomic E-state index is -0.380. The van der Waals surface area contributed by atoms with Crippen LogP contribution in [0.3, 0.4) is 0 Å². The first kappa shape index (κ1) is 13.8. The van der Waals surface area contributed by atoms with Crippen molar-refractivity contribution in [1.29, 1.82) is 5.26 Å². The van der Waals surface area contributed by atoms with E-state index in [-0.39, 0.29) is 18.0 Å². The van der Waals surface area contributed by atoms with E-state index in [0.29, 0.717) is 17.2 Å². The van der Waals surface area contributed by atoms with Gasteiger partial charge in [0.2, 0.25) is 0 Å². The third-order valence-electron chi connectivity index (χ3n) is 3.52. The molecule has 4 heteroatoms. The van der Waals surface area contributed by atoms with Gasteiger partial charge in [0.15, 0.2) is 0 Å². The van der Waals surface area contributed by atoms with E-state index in [1.54, 1.807) is 6.07 Å². The van der Waals surface area contributed by atoms with E-state index in [9.17, 15) is 4.39 Å². The van der Waals surface area contributed by atoms with Crippen LogP contribution in [0.15, 0.2) is 18.2 Å². The van der Waals surface area contributed by atoms with Gasteiger partial charge in [0, 0.05) is 12.6 Å². The molecule has 2 unspecified atom stereocenters. The summed E-state index contributed by atoms with van der Waals surface area (Å²) in [6, 6.07) is 6.58. The van der Waals surface area contributed by atoms with E-state index >= 15 is 0 Å². The Morgan fingerprint density at radius 2 is 2.26 bits per heavy atom. The van der Waals surface area contributed by atoms with Crippen molar-refractivity contribution in [2.75, 3.05) is 11.9 Å². The first-order valence-corrected chi connectivity index (χ1v) is 6.68. The first-order chi connectivity index (χ1) is 9.10.